The van der Waals surface area contributed by atoms with Gasteiger partial charge in [-0.3, -0.25) is 9.59 Å². The maximum absolute atomic E-state index is 12.3. The summed E-state index contributed by atoms with van der Waals surface area (Å²) in [6.07, 6.45) is 3.52. The minimum absolute atomic E-state index is 0.00718. The van der Waals surface area contributed by atoms with E-state index in [1.54, 1.807) is 0 Å². The van der Waals surface area contributed by atoms with E-state index in [4.69, 9.17) is 14.2 Å². The average molecular weight is 296 g/mol. The molecule has 3 saturated carbocycles. The molecule has 0 N–H and O–H groups in total. The lowest BCUT2D eigenvalue weighted by Gasteiger charge is -2.28. The highest BCUT2D eigenvalue weighted by Gasteiger charge is 2.57. The van der Waals surface area contributed by atoms with Crippen LogP contribution in [0.5, 0.6) is 0 Å². The summed E-state index contributed by atoms with van der Waals surface area (Å²) < 4.78 is 15.6. The van der Waals surface area contributed by atoms with Gasteiger partial charge in [0, 0.05) is 13.0 Å². The second-order valence-electron chi connectivity index (χ2n) is 7.18. The molecule has 0 aromatic carbocycles. The summed E-state index contributed by atoms with van der Waals surface area (Å²) in [7, 11) is 1.50. The molecule has 0 aromatic heterocycles. The molecule has 3 aliphatic carbocycles. The zero-order chi connectivity index (χ0) is 15.2. The van der Waals surface area contributed by atoms with Gasteiger partial charge >= 0.3 is 11.9 Å². The Morgan fingerprint density at radius 1 is 1.24 bits per heavy atom. The van der Waals surface area contributed by atoms with Crippen LogP contribution in [0, 0.1) is 29.1 Å². The fourth-order valence-electron chi connectivity index (χ4n) is 4.05. The highest BCUT2D eigenvalue weighted by atomic mass is 16.7. The molecule has 0 aliphatic heterocycles. The minimum atomic E-state index is -0.298. The highest BCUT2D eigenvalue weighted by molar-refractivity contribution is 5.80. The SMILES string of the molecule is COCOC(=O)C1CC2CC(OC(=O)C3(C)CC3C)C1C2. The number of fused-ring (bicyclic) bond motifs is 2. The van der Waals surface area contributed by atoms with Crippen molar-refractivity contribution in [1.82, 2.24) is 0 Å². The van der Waals surface area contributed by atoms with Gasteiger partial charge in [-0.15, -0.1) is 0 Å². The molecule has 5 heteroatoms. The number of esters is 2. The van der Waals surface area contributed by atoms with Crippen LogP contribution >= 0.6 is 0 Å². The van der Waals surface area contributed by atoms with Crippen LogP contribution in [-0.4, -0.2) is 31.9 Å². The Balaban J connectivity index is 1.58. The lowest BCUT2D eigenvalue weighted by molar-refractivity contribution is -0.169. The minimum Gasteiger partial charge on any atom is -0.462 e. The fourth-order valence-corrected chi connectivity index (χ4v) is 4.05. The molecule has 3 aliphatic rings. The Labute approximate surface area is 125 Å². The molecule has 0 aromatic rings. The first-order valence-corrected chi connectivity index (χ1v) is 7.82. The number of carbonyl (C=O) groups excluding carboxylic acids is 2. The molecule has 3 rings (SSSR count). The first kappa shape index (κ1) is 14.8. The molecule has 118 valence electrons. The summed E-state index contributed by atoms with van der Waals surface area (Å²) >= 11 is 0. The van der Waals surface area contributed by atoms with Gasteiger partial charge < -0.3 is 14.2 Å². The van der Waals surface area contributed by atoms with Crippen LogP contribution in [0.15, 0.2) is 0 Å². The van der Waals surface area contributed by atoms with Crippen LogP contribution in [0.4, 0.5) is 0 Å². The molecule has 0 heterocycles. The van der Waals surface area contributed by atoms with Crippen LogP contribution in [0.2, 0.25) is 0 Å². The van der Waals surface area contributed by atoms with Gasteiger partial charge in [-0.05, 0) is 44.4 Å². The van der Waals surface area contributed by atoms with Crippen molar-refractivity contribution in [2.24, 2.45) is 29.1 Å². The Hall–Kier alpha value is -1.10. The number of hydrogen-bond donors (Lipinski definition) is 0. The van der Waals surface area contributed by atoms with Gasteiger partial charge in [0.25, 0.3) is 0 Å². The molecule has 21 heavy (non-hydrogen) atoms. The van der Waals surface area contributed by atoms with Crippen molar-refractivity contribution in [2.75, 3.05) is 13.9 Å². The molecule has 0 spiro atoms. The molecule has 0 amide bonds. The normalized spacial score (nSPS) is 43.7. The van der Waals surface area contributed by atoms with E-state index in [1.165, 1.54) is 7.11 Å². The lowest BCUT2D eigenvalue weighted by atomic mass is 9.86. The van der Waals surface area contributed by atoms with E-state index in [1.807, 2.05) is 6.92 Å². The molecular weight excluding hydrogens is 272 g/mol. The average Bonchev–Trinajstić information content (AvgIpc) is 2.83. The topological polar surface area (TPSA) is 61.8 Å². The van der Waals surface area contributed by atoms with Crippen LogP contribution in [-0.2, 0) is 23.8 Å². The third-order valence-corrected chi connectivity index (χ3v) is 5.76. The summed E-state index contributed by atoms with van der Waals surface area (Å²) in [5.74, 6) is 0.582. The zero-order valence-electron chi connectivity index (χ0n) is 13.0. The van der Waals surface area contributed by atoms with Gasteiger partial charge in [-0.1, -0.05) is 6.92 Å². The molecule has 6 atom stereocenters. The smallest absolute Gasteiger partial charge is 0.312 e. The van der Waals surface area contributed by atoms with Crippen LogP contribution in [0.3, 0.4) is 0 Å². The van der Waals surface area contributed by atoms with Crippen molar-refractivity contribution in [3.8, 4) is 0 Å². The predicted octanol–water partition coefficient (Wildman–Crippen LogP) is 2.14. The van der Waals surface area contributed by atoms with Crippen molar-refractivity contribution in [2.45, 2.75) is 45.6 Å². The van der Waals surface area contributed by atoms with E-state index >= 15 is 0 Å². The van der Waals surface area contributed by atoms with Gasteiger partial charge in [0.2, 0.25) is 0 Å². The van der Waals surface area contributed by atoms with E-state index in [9.17, 15) is 9.59 Å². The molecule has 6 unspecified atom stereocenters. The van der Waals surface area contributed by atoms with E-state index in [-0.39, 0.29) is 42.1 Å². The van der Waals surface area contributed by atoms with Gasteiger partial charge in [-0.2, -0.15) is 0 Å². The third kappa shape index (κ3) is 2.56. The Morgan fingerprint density at radius 2 is 1.95 bits per heavy atom. The second-order valence-corrected chi connectivity index (χ2v) is 7.18. The number of methoxy groups -OCH3 is 1. The third-order valence-electron chi connectivity index (χ3n) is 5.76. The maximum atomic E-state index is 12.3. The summed E-state index contributed by atoms with van der Waals surface area (Å²) in [6.45, 7) is 4.04. The number of rotatable bonds is 5. The first-order chi connectivity index (χ1) is 9.95. The van der Waals surface area contributed by atoms with Gasteiger partial charge in [0.15, 0.2) is 6.79 Å². The second kappa shape index (κ2) is 5.27. The Kier molecular flexibility index (Phi) is 3.72. The molecule has 0 saturated heterocycles. The lowest BCUT2D eigenvalue weighted by Crippen LogP contribution is -2.36. The number of hydrogen-bond acceptors (Lipinski definition) is 5. The fraction of sp³-hybridized carbons (Fsp3) is 0.875. The van der Waals surface area contributed by atoms with E-state index in [2.05, 4.69) is 6.92 Å². The van der Waals surface area contributed by atoms with Gasteiger partial charge in [0.05, 0.1) is 11.3 Å². The quantitative estimate of drug-likeness (QED) is 0.574. The molecule has 3 fully saturated rings. The van der Waals surface area contributed by atoms with E-state index < -0.39 is 0 Å². The number of carbonyl (C=O) groups is 2. The van der Waals surface area contributed by atoms with Crippen molar-refractivity contribution < 1.29 is 23.8 Å². The van der Waals surface area contributed by atoms with Gasteiger partial charge in [-0.25, -0.2) is 0 Å². The largest absolute Gasteiger partial charge is 0.462 e. The summed E-state index contributed by atoms with van der Waals surface area (Å²) in [5, 5.41) is 0. The summed E-state index contributed by atoms with van der Waals surface area (Å²) in [5.41, 5.74) is -0.298. The van der Waals surface area contributed by atoms with E-state index in [0.717, 1.165) is 25.7 Å². The van der Waals surface area contributed by atoms with Crippen molar-refractivity contribution in [3.05, 3.63) is 0 Å². The van der Waals surface area contributed by atoms with Crippen molar-refractivity contribution in [1.29, 1.82) is 0 Å². The molecule has 2 bridgehead atoms. The van der Waals surface area contributed by atoms with Crippen LogP contribution in [0.1, 0.15) is 39.5 Å². The standard InChI is InChI=1S/C16H24O5/c1-9-7-16(9,2)15(18)21-13-6-10-4-11(13)12(5-10)14(17)20-8-19-3/h9-13H,4-8H2,1-3H3. The summed E-state index contributed by atoms with van der Waals surface area (Å²) in [4.78, 5) is 24.3. The van der Waals surface area contributed by atoms with Gasteiger partial charge in [0.1, 0.15) is 6.10 Å². The maximum Gasteiger partial charge on any atom is 0.312 e. The van der Waals surface area contributed by atoms with E-state index in [0.29, 0.717) is 11.8 Å². The molecule has 0 radical (unpaired) electrons. The number of ether oxygens (including phenoxy) is 3. The molecule has 5 nitrogen and oxygen atoms in total. The van der Waals surface area contributed by atoms with Crippen LogP contribution < -0.4 is 0 Å². The van der Waals surface area contributed by atoms with Crippen molar-refractivity contribution >= 4 is 11.9 Å². The first-order valence-electron chi connectivity index (χ1n) is 7.82. The summed E-state index contributed by atoms with van der Waals surface area (Å²) in [6, 6.07) is 0. The Morgan fingerprint density at radius 3 is 2.52 bits per heavy atom. The Bertz CT molecular complexity index is 448. The monoisotopic (exact) mass is 296 g/mol. The zero-order valence-corrected chi connectivity index (χ0v) is 13.0. The van der Waals surface area contributed by atoms with Crippen LogP contribution in [0.25, 0.3) is 0 Å². The predicted molar refractivity (Wildman–Crippen MR) is 74.1 cm³/mol. The molecular formula is C16H24O5. The highest BCUT2D eigenvalue weighted by Crippen LogP contribution is 2.55. The van der Waals surface area contributed by atoms with Crippen molar-refractivity contribution in [3.63, 3.8) is 0 Å².